The number of benzene rings is 1. The van der Waals surface area contributed by atoms with E-state index in [9.17, 15) is 19.8 Å². The van der Waals surface area contributed by atoms with E-state index >= 15 is 0 Å². The Morgan fingerprint density at radius 3 is 2.90 bits per heavy atom. The molecular weight excluding hydrogens is 262 g/mol. The molecule has 1 aromatic carbocycles. The zero-order valence-electron chi connectivity index (χ0n) is 10.8. The summed E-state index contributed by atoms with van der Waals surface area (Å²) < 4.78 is 4.90. The number of carbonyl (C=O) groups is 2. The molecule has 2 N–H and O–H groups in total. The monoisotopic (exact) mass is 277 g/mol. The third kappa shape index (κ3) is 2.59. The first kappa shape index (κ1) is 13.9. The first-order chi connectivity index (χ1) is 9.54. The van der Waals surface area contributed by atoms with Gasteiger partial charge in [-0.25, -0.2) is 9.59 Å². The summed E-state index contributed by atoms with van der Waals surface area (Å²) in [4.78, 5) is 24.5. The first-order valence-corrected chi connectivity index (χ1v) is 6.13. The van der Waals surface area contributed by atoms with Crippen molar-refractivity contribution in [3.63, 3.8) is 0 Å². The molecular formula is C14H15NO5. The van der Waals surface area contributed by atoms with Gasteiger partial charge in [0, 0.05) is 6.54 Å². The van der Waals surface area contributed by atoms with E-state index < -0.39 is 18.1 Å². The lowest BCUT2D eigenvalue weighted by Crippen LogP contribution is -2.43. The van der Waals surface area contributed by atoms with Crippen molar-refractivity contribution in [2.45, 2.75) is 12.5 Å². The molecule has 1 unspecified atom stereocenters. The van der Waals surface area contributed by atoms with E-state index in [-0.39, 0.29) is 18.9 Å². The second kappa shape index (κ2) is 5.64. The standard InChI is InChI=1S/C14H15NO5/c1-2-7-20-14(19)15-6-5-9-3-4-10(16)8-11(9)12(15)13(17)18/h2-4,8,12,16H,1,5-7H2,(H,17,18). The van der Waals surface area contributed by atoms with Crippen LogP contribution in [-0.4, -0.2) is 40.3 Å². The molecule has 1 atom stereocenters. The second-order valence-electron chi connectivity index (χ2n) is 4.43. The maximum atomic E-state index is 11.9. The minimum atomic E-state index is -1.16. The van der Waals surface area contributed by atoms with Gasteiger partial charge in [-0.2, -0.15) is 0 Å². The molecule has 0 spiro atoms. The molecule has 0 saturated heterocycles. The number of ether oxygens (including phenoxy) is 1. The van der Waals surface area contributed by atoms with Gasteiger partial charge in [0.1, 0.15) is 12.4 Å². The maximum absolute atomic E-state index is 11.9. The molecule has 2 rings (SSSR count). The smallest absolute Gasteiger partial charge is 0.411 e. The molecule has 1 aromatic rings. The Morgan fingerprint density at radius 1 is 1.50 bits per heavy atom. The Bertz CT molecular complexity index is 554. The van der Waals surface area contributed by atoms with Crippen molar-refractivity contribution in [3.8, 4) is 5.75 Å². The Kier molecular flexibility index (Phi) is 3.93. The van der Waals surface area contributed by atoms with Crippen molar-refractivity contribution >= 4 is 12.1 Å². The number of carboxylic acids is 1. The number of rotatable bonds is 3. The van der Waals surface area contributed by atoms with Crippen LogP contribution in [0, 0.1) is 0 Å². The van der Waals surface area contributed by atoms with Crippen molar-refractivity contribution in [1.82, 2.24) is 4.90 Å². The summed E-state index contributed by atoms with van der Waals surface area (Å²) in [5, 5.41) is 18.9. The molecule has 0 saturated carbocycles. The van der Waals surface area contributed by atoms with Crippen molar-refractivity contribution in [2.24, 2.45) is 0 Å². The van der Waals surface area contributed by atoms with Gasteiger partial charge in [0.15, 0.2) is 6.04 Å². The Hall–Kier alpha value is -2.50. The van der Waals surface area contributed by atoms with Gasteiger partial charge in [-0.15, -0.1) is 0 Å². The summed E-state index contributed by atoms with van der Waals surface area (Å²) >= 11 is 0. The summed E-state index contributed by atoms with van der Waals surface area (Å²) in [6.07, 6.45) is 1.23. The number of carbonyl (C=O) groups excluding carboxylic acids is 1. The summed E-state index contributed by atoms with van der Waals surface area (Å²) in [5.74, 6) is -1.19. The summed E-state index contributed by atoms with van der Waals surface area (Å²) in [6, 6.07) is 3.40. The molecule has 1 aliphatic rings. The highest BCUT2D eigenvalue weighted by Crippen LogP contribution is 2.32. The first-order valence-electron chi connectivity index (χ1n) is 6.13. The van der Waals surface area contributed by atoms with E-state index in [0.29, 0.717) is 12.0 Å². The number of amides is 1. The van der Waals surface area contributed by atoms with Crippen LogP contribution in [0.25, 0.3) is 0 Å². The van der Waals surface area contributed by atoms with Gasteiger partial charge in [0.05, 0.1) is 0 Å². The normalized spacial score (nSPS) is 17.2. The fourth-order valence-corrected chi connectivity index (χ4v) is 2.28. The highest BCUT2D eigenvalue weighted by Gasteiger charge is 2.36. The van der Waals surface area contributed by atoms with Crippen LogP contribution in [0.3, 0.4) is 0 Å². The van der Waals surface area contributed by atoms with Crippen LogP contribution in [-0.2, 0) is 16.0 Å². The van der Waals surface area contributed by atoms with Gasteiger partial charge in [0.25, 0.3) is 0 Å². The van der Waals surface area contributed by atoms with Crippen LogP contribution >= 0.6 is 0 Å². The van der Waals surface area contributed by atoms with E-state index in [1.54, 1.807) is 6.07 Å². The summed E-state index contributed by atoms with van der Waals surface area (Å²) in [5.41, 5.74) is 1.22. The second-order valence-corrected chi connectivity index (χ2v) is 4.43. The van der Waals surface area contributed by atoms with E-state index in [1.165, 1.54) is 18.2 Å². The van der Waals surface area contributed by atoms with Gasteiger partial charge in [0.2, 0.25) is 0 Å². The number of phenolic OH excluding ortho intramolecular Hbond substituents is 1. The van der Waals surface area contributed by atoms with E-state index in [2.05, 4.69) is 6.58 Å². The van der Waals surface area contributed by atoms with Crippen molar-refractivity contribution < 1.29 is 24.5 Å². The van der Waals surface area contributed by atoms with Gasteiger partial charge >= 0.3 is 12.1 Å². The number of phenols is 1. The lowest BCUT2D eigenvalue weighted by Gasteiger charge is -2.33. The Labute approximate surface area is 115 Å². The topological polar surface area (TPSA) is 87.1 Å². The van der Waals surface area contributed by atoms with Crippen molar-refractivity contribution in [2.75, 3.05) is 13.2 Å². The number of fused-ring (bicyclic) bond motifs is 1. The zero-order valence-corrected chi connectivity index (χ0v) is 10.8. The minimum Gasteiger partial charge on any atom is -0.508 e. The highest BCUT2D eigenvalue weighted by atomic mass is 16.6. The lowest BCUT2D eigenvalue weighted by atomic mass is 9.92. The van der Waals surface area contributed by atoms with Crippen LogP contribution in [0.5, 0.6) is 5.75 Å². The summed E-state index contributed by atoms with van der Waals surface area (Å²) in [7, 11) is 0. The highest BCUT2D eigenvalue weighted by molar-refractivity contribution is 5.82. The van der Waals surface area contributed by atoms with Crippen molar-refractivity contribution in [1.29, 1.82) is 0 Å². The lowest BCUT2D eigenvalue weighted by molar-refractivity contribution is -0.143. The van der Waals surface area contributed by atoms with Crippen LogP contribution in [0.4, 0.5) is 4.79 Å². The average Bonchev–Trinajstić information content (AvgIpc) is 2.42. The molecule has 0 aliphatic carbocycles. The number of carboxylic acid groups (broad SMARTS) is 1. The van der Waals surface area contributed by atoms with Crippen LogP contribution in [0.15, 0.2) is 30.9 Å². The van der Waals surface area contributed by atoms with E-state index in [4.69, 9.17) is 4.74 Å². The van der Waals surface area contributed by atoms with Gasteiger partial charge in [-0.3, -0.25) is 4.90 Å². The van der Waals surface area contributed by atoms with Crippen LogP contribution in [0.1, 0.15) is 17.2 Å². The predicted molar refractivity (Wildman–Crippen MR) is 70.4 cm³/mol. The minimum absolute atomic E-state index is 0.0224. The fourth-order valence-electron chi connectivity index (χ4n) is 2.28. The SMILES string of the molecule is C=CCOC(=O)N1CCc2ccc(O)cc2C1C(=O)O. The summed E-state index contributed by atoms with van der Waals surface area (Å²) in [6.45, 7) is 3.71. The fraction of sp³-hybridized carbons (Fsp3) is 0.286. The quantitative estimate of drug-likeness (QED) is 0.821. The number of nitrogens with zero attached hydrogens (tertiary/aromatic N) is 1. The van der Waals surface area contributed by atoms with E-state index in [0.717, 1.165) is 10.5 Å². The molecule has 0 bridgehead atoms. The van der Waals surface area contributed by atoms with Gasteiger partial charge in [-0.05, 0) is 29.7 Å². The molecule has 0 radical (unpaired) electrons. The molecule has 1 heterocycles. The molecule has 0 aromatic heterocycles. The Balaban J connectivity index is 2.34. The third-order valence-corrected chi connectivity index (χ3v) is 3.15. The Morgan fingerprint density at radius 2 is 2.25 bits per heavy atom. The predicted octanol–water partition coefficient (Wildman–Crippen LogP) is 1.70. The third-order valence-electron chi connectivity index (χ3n) is 3.15. The molecule has 0 fully saturated rings. The molecule has 1 amide bonds. The van der Waals surface area contributed by atoms with E-state index in [1.807, 2.05) is 0 Å². The molecule has 6 heteroatoms. The number of aliphatic carboxylic acids is 1. The molecule has 6 nitrogen and oxygen atoms in total. The zero-order chi connectivity index (χ0) is 14.7. The van der Waals surface area contributed by atoms with Crippen LogP contribution < -0.4 is 0 Å². The van der Waals surface area contributed by atoms with Gasteiger partial charge < -0.3 is 14.9 Å². The number of hydrogen-bond acceptors (Lipinski definition) is 4. The average molecular weight is 277 g/mol. The van der Waals surface area contributed by atoms with Crippen LogP contribution in [0.2, 0.25) is 0 Å². The number of aromatic hydroxyl groups is 1. The molecule has 106 valence electrons. The van der Waals surface area contributed by atoms with Crippen molar-refractivity contribution in [3.05, 3.63) is 42.0 Å². The largest absolute Gasteiger partial charge is 0.508 e. The van der Waals surface area contributed by atoms with Gasteiger partial charge in [-0.1, -0.05) is 18.7 Å². The molecule has 1 aliphatic heterocycles. The number of hydrogen-bond donors (Lipinski definition) is 2. The maximum Gasteiger partial charge on any atom is 0.411 e. The molecule has 20 heavy (non-hydrogen) atoms.